The fraction of sp³-hybridized carbons (Fsp3) is 0.316. The van der Waals surface area contributed by atoms with Crippen LogP contribution in [0.5, 0.6) is 0 Å². The highest BCUT2D eigenvalue weighted by atomic mass is 32.2. The number of aromatic nitrogens is 1. The zero-order chi connectivity index (χ0) is 14.6. The number of fused-ring (bicyclic) bond motifs is 2. The molecule has 1 heterocycles. The molecule has 0 unspecified atom stereocenters. The standard InChI is InChI=1S/C19H19NS/c1-19(2)10-12-8-13(21-3)9-15-14-6-4-5-7-16(14)20-17(11-19)18(12)15/h4-9H,10-11H2,1-3H3. The Kier molecular flexibility index (Phi) is 2.80. The first-order valence-corrected chi connectivity index (χ1v) is 8.68. The Hall–Kier alpha value is -1.54. The summed E-state index contributed by atoms with van der Waals surface area (Å²) in [6.45, 7) is 4.70. The SMILES string of the molecule is CSc1cc2c3c(nc4ccccc4c3c1)CC(C)(C)C2. The lowest BCUT2D eigenvalue weighted by atomic mass is 9.75. The molecular formula is C19H19NS. The number of hydrogen-bond donors (Lipinski definition) is 0. The Labute approximate surface area is 129 Å². The Morgan fingerprint density at radius 2 is 1.86 bits per heavy atom. The molecule has 0 radical (unpaired) electrons. The molecule has 1 aliphatic rings. The van der Waals surface area contributed by atoms with E-state index in [2.05, 4.69) is 56.5 Å². The molecule has 106 valence electrons. The minimum absolute atomic E-state index is 0.298. The highest BCUT2D eigenvalue weighted by molar-refractivity contribution is 7.98. The van der Waals surface area contributed by atoms with Crippen LogP contribution < -0.4 is 0 Å². The molecule has 2 aromatic carbocycles. The fourth-order valence-electron chi connectivity index (χ4n) is 3.64. The van der Waals surface area contributed by atoms with Gasteiger partial charge in [-0.3, -0.25) is 4.98 Å². The number of pyridine rings is 1. The van der Waals surface area contributed by atoms with E-state index in [-0.39, 0.29) is 0 Å². The molecule has 0 aliphatic heterocycles. The van der Waals surface area contributed by atoms with Crippen molar-refractivity contribution in [3.8, 4) is 0 Å². The molecule has 1 aromatic heterocycles. The Morgan fingerprint density at radius 3 is 2.67 bits per heavy atom. The van der Waals surface area contributed by atoms with E-state index in [1.54, 1.807) is 0 Å². The molecule has 0 spiro atoms. The molecule has 1 nitrogen and oxygen atoms in total. The second-order valence-electron chi connectivity index (χ2n) is 6.80. The minimum Gasteiger partial charge on any atom is -0.252 e. The monoisotopic (exact) mass is 293 g/mol. The van der Waals surface area contributed by atoms with Gasteiger partial charge in [-0.1, -0.05) is 32.0 Å². The van der Waals surface area contributed by atoms with Crippen LogP contribution in [-0.2, 0) is 12.8 Å². The van der Waals surface area contributed by atoms with Gasteiger partial charge in [-0.2, -0.15) is 0 Å². The van der Waals surface area contributed by atoms with Gasteiger partial charge in [0, 0.05) is 21.4 Å². The summed E-state index contributed by atoms with van der Waals surface area (Å²) in [6.07, 6.45) is 4.37. The number of rotatable bonds is 1. The van der Waals surface area contributed by atoms with Gasteiger partial charge in [0.1, 0.15) is 0 Å². The summed E-state index contributed by atoms with van der Waals surface area (Å²) in [5.41, 5.74) is 4.18. The van der Waals surface area contributed by atoms with Crippen LogP contribution in [0.2, 0.25) is 0 Å². The quantitative estimate of drug-likeness (QED) is 0.450. The van der Waals surface area contributed by atoms with Crippen LogP contribution in [-0.4, -0.2) is 11.2 Å². The first-order chi connectivity index (χ1) is 10.1. The molecular weight excluding hydrogens is 274 g/mol. The van der Waals surface area contributed by atoms with Gasteiger partial charge in [0.2, 0.25) is 0 Å². The van der Waals surface area contributed by atoms with Crippen molar-refractivity contribution in [2.75, 3.05) is 6.26 Å². The van der Waals surface area contributed by atoms with Crippen LogP contribution >= 0.6 is 11.8 Å². The van der Waals surface area contributed by atoms with Crippen molar-refractivity contribution < 1.29 is 0 Å². The van der Waals surface area contributed by atoms with E-state index in [1.807, 2.05) is 11.8 Å². The highest BCUT2D eigenvalue weighted by Gasteiger charge is 2.28. The Morgan fingerprint density at radius 1 is 1.05 bits per heavy atom. The maximum Gasteiger partial charge on any atom is 0.0711 e. The lowest BCUT2D eigenvalue weighted by Gasteiger charge is -2.31. The first kappa shape index (κ1) is 13.1. The normalized spacial score (nSPS) is 16.5. The summed E-state index contributed by atoms with van der Waals surface area (Å²) in [4.78, 5) is 6.34. The van der Waals surface area contributed by atoms with Crippen LogP contribution in [0.3, 0.4) is 0 Å². The molecule has 0 bridgehead atoms. The van der Waals surface area contributed by atoms with E-state index in [0.29, 0.717) is 5.41 Å². The van der Waals surface area contributed by atoms with E-state index in [1.165, 1.54) is 32.3 Å². The maximum atomic E-state index is 4.98. The number of nitrogens with zero attached hydrogens (tertiary/aromatic N) is 1. The van der Waals surface area contributed by atoms with Gasteiger partial charge in [-0.05, 0) is 53.7 Å². The average Bonchev–Trinajstić information content (AvgIpc) is 2.45. The number of benzene rings is 2. The second-order valence-corrected chi connectivity index (χ2v) is 7.68. The summed E-state index contributed by atoms with van der Waals surface area (Å²) in [6, 6.07) is 13.3. The van der Waals surface area contributed by atoms with Crippen molar-refractivity contribution >= 4 is 33.4 Å². The average molecular weight is 293 g/mol. The van der Waals surface area contributed by atoms with Gasteiger partial charge in [0.05, 0.1) is 5.52 Å². The van der Waals surface area contributed by atoms with Gasteiger partial charge < -0.3 is 0 Å². The van der Waals surface area contributed by atoms with Gasteiger partial charge in [-0.15, -0.1) is 11.8 Å². The van der Waals surface area contributed by atoms with E-state index in [4.69, 9.17) is 4.98 Å². The van der Waals surface area contributed by atoms with Crippen LogP contribution in [0.4, 0.5) is 0 Å². The Bertz CT molecular complexity index is 864. The third kappa shape index (κ3) is 2.04. The number of para-hydroxylation sites is 1. The summed E-state index contributed by atoms with van der Waals surface area (Å²) >= 11 is 1.83. The number of hydrogen-bond acceptors (Lipinski definition) is 2. The lowest BCUT2D eigenvalue weighted by Crippen LogP contribution is -2.23. The van der Waals surface area contributed by atoms with E-state index < -0.39 is 0 Å². The van der Waals surface area contributed by atoms with Crippen molar-refractivity contribution in [2.24, 2.45) is 5.41 Å². The van der Waals surface area contributed by atoms with E-state index >= 15 is 0 Å². The van der Waals surface area contributed by atoms with Gasteiger partial charge in [0.15, 0.2) is 0 Å². The molecule has 2 heteroatoms. The molecule has 0 fully saturated rings. The van der Waals surface area contributed by atoms with Crippen molar-refractivity contribution in [2.45, 2.75) is 31.6 Å². The van der Waals surface area contributed by atoms with Crippen molar-refractivity contribution in [1.82, 2.24) is 4.98 Å². The predicted molar refractivity (Wildman–Crippen MR) is 92.2 cm³/mol. The molecule has 21 heavy (non-hydrogen) atoms. The third-order valence-electron chi connectivity index (χ3n) is 4.48. The summed E-state index contributed by atoms with van der Waals surface area (Å²) in [7, 11) is 0. The molecule has 0 amide bonds. The predicted octanol–water partition coefficient (Wildman–Crippen LogP) is 5.23. The lowest BCUT2D eigenvalue weighted by molar-refractivity contribution is 0.352. The summed E-state index contributed by atoms with van der Waals surface area (Å²) in [5.74, 6) is 0. The van der Waals surface area contributed by atoms with Crippen LogP contribution in [0.25, 0.3) is 21.7 Å². The van der Waals surface area contributed by atoms with Crippen LogP contribution in [0.15, 0.2) is 41.3 Å². The van der Waals surface area contributed by atoms with Gasteiger partial charge in [-0.25, -0.2) is 0 Å². The minimum atomic E-state index is 0.298. The maximum absolute atomic E-state index is 4.98. The second kappa shape index (κ2) is 4.48. The Balaban J connectivity index is 2.19. The largest absolute Gasteiger partial charge is 0.252 e. The molecule has 0 N–H and O–H groups in total. The van der Waals surface area contributed by atoms with Crippen molar-refractivity contribution in [3.63, 3.8) is 0 Å². The third-order valence-corrected chi connectivity index (χ3v) is 5.19. The molecule has 1 aliphatic carbocycles. The zero-order valence-corrected chi connectivity index (χ0v) is 13.6. The van der Waals surface area contributed by atoms with Crippen molar-refractivity contribution in [3.05, 3.63) is 47.7 Å². The summed E-state index contributed by atoms with van der Waals surface area (Å²) < 4.78 is 0. The zero-order valence-electron chi connectivity index (χ0n) is 12.7. The van der Waals surface area contributed by atoms with Crippen LogP contribution in [0.1, 0.15) is 25.1 Å². The van der Waals surface area contributed by atoms with Gasteiger partial charge in [0.25, 0.3) is 0 Å². The smallest absolute Gasteiger partial charge is 0.0711 e. The summed E-state index contributed by atoms with van der Waals surface area (Å²) in [5, 5.41) is 4.08. The molecule has 3 aromatic rings. The first-order valence-electron chi connectivity index (χ1n) is 7.46. The number of thioether (sulfide) groups is 1. The van der Waals surface area contributed by atoms with Gasteiger partial charge >= 0.3 is 0 Å². The van der Waals surface area contributed by atoms with E-state index in [0.717, 1.165) is 18.4 Å². The fourth-order valence-corrected chi connectivity index (χ4v) is 4.14. The molecule has 0 atom stereocenters. The van der Waals surface area contributed by atoms with Crippen LogP contribution in [0, 0.1) is 5.41 Å². The molecule has 0 saturated carbocycles. The topological polar surface area (TPSA) is 12.9 Å². The molecule has 0 saturated heterocycles. The van der Waals surface area contributed by atoms with Crippen molar-refractivity contribution in [1.29, 1.82) is 0 Å². The van der Waals surface area contributed by atoms with E-state index in [9.17, 15) is 0 Å². The highest BCUT2D eigenvalue weighted by Crippen LogP contribution is 2.41. The molecule has 4 rings (SSSR count).